The van der Waals surface area contributed by atoms with Crippen molar-refractivity contribution in [2.24, 2.45) is 11.8 Å². The number of hydrogen-bond donors (Lipinski definition) is 1. The highest BCUT2D eigenvalue weighted by Gasteiger charge is 2.17. The summed E-state index contributed by atoms with van der Waals surface area (Å²) in [6.45, 7) is 7.19. The first-order valence-corrected chi connectivity index (χ1v) is 3.43. The van der Waals surface area contributed by atoms with Crippen molar-refractivity contribution >= 4 is 5.97 Å². The molecular formula is C8H14O2. The van der Waals surface area contributed by atoms with Crippen LogP contribution >= 0.6 is 0 Å². The Morgan fingerprint density at radius 3 is 2.50 bits per heavy atom. The fourth-order valence-corrected chi connectivity index (χ4v) is 0.710. The van der Waals surface area contributed by atoms with Crippen LogP contribution in [0, 0.1) is 11.8 Å². The van der Waals surface area contributed by atoms with Gasteiger partial charge in [0.05, 0.1) is 5.92 Å². The van der Waals surface area contributed by atoms with Gasteiger partial charge < -0.3 is 5.11 Å². The molecule has 2 atom stereocenters. The Morgan fingerprint density at radius 2 is 2.20 bits per heavy atom. The fraction of sp³-hybridized carbons (Fsp3) is 0.625. The minimum Gasteiger partial charge on any atom is -0.481 e. The largest absolute Gasteiger partial charge is 0.481 e. The van der Waals surface area contributed by atoms with Crippen LogP contribution in [0.5, 0.6) is 0 Å². The summed E-state index contributed by atoms with van der Waals surface area (Å²) in [6, 6.07) is 0. The molecule has 58 valence electrons. The molecule has 2 unspecified atom stereocenters. The molecule has 0 saturated carbocycles. The predicted octanol–water partition coefficient (Wildman–Crippen LogP) is 1.92. The van der Waals surface area contributed by atoms with E-state index in [0.29, 0.717) is 0 Å². The standard InChI is InChI=1S/C8H14O2/c1-4-5-6(2)7(3)8(9)10/h4,6-7H,1,5H2,2-3H3,(H,9,10). The van der Waals surface area contributed by atoms with Crippen LogP contribution in [-0.4, -0.2) is 11.1 Å². The van der Waals surface area contributed by atoms with Crippen molar-refractivity contribution in [3.05, 3.63) is 12.7 Å². The van der Waals surface area contributed by atoms with E-state index < -0.39 is 5.97 Å². The van der Waals surface area contributed by atoms with Crippen molar-refractivity contribution in [1.29, 1.82) is 0 Å². The molecule has 2 heteroatoms. The van der Waals surface area contributed by atoms with Crippen LogP contribution < -0.4 is 0 Å². The average molecular weight is 142 g/mol. The van der Waals surface area contributed by atoms with Gasteiger partial charge in [0.1, 0.15) is 0 Å². The van der Waals surface area contributed by atoms with Gasteiger partial charge in [0.2, 0.25) is 0 Å². The minimum atomic E-state index is -0.727. The lowest BCUT2D eigenvalue weighted by molar-refractivity contribution is -0.142. The van der Waals surface area contributed by atoms with E-state index in [9.17, 15) is 4.79 Å². The molecule has 10 heavy (non-hydrogen) atoms. The summed E-state index contributed by atoms with van der Waals surface area (Å²) in [7, 11) is 0. The number of allylic oxidation sites excluding steroid dienone is 1. The molecule has 0 aromatic carbocycles. The van der Waals surface area contributed by atoms with E-state index in [1.54, 1.807) is 13.0 Å². The van der Waals surface area contributed by atoms with Crippen molar-refractivity contribution in [2.75, 3.05) is 0 Å². The lowest BCUT2D eigenvalue weighted by Crippen LogP contribution is -2.17. The van der Waals surface area contributed by atoms with Crippen molar-refractivity contribution in [2.45, 2.75) is 20.3 Å². The van der Waals surface area contributed by atoms with Crippen LogP contribution in [0.2, 0.25) is 0 Å². The average Bonchev–Trinajstić information content (AvgIpc) is 1.87. The molecule has 2 nitrogen and oxygen atoms in total. The van der Waals surface area contributed by atoms with Gasteiger partial charge in [-0.05, 0) is 12.3 Å². The maximum atomic E-state index is 10.4. The zero-order chi connectivity index (χ0) is 8.15. The topological polar surface area (TPSA) is 37.3 Å². The van der Waals surface area contributed by atoms with E-state index in [0.717, 1.165) is 6.42 Å². The van der Waals surface area contributed by atoms with E-state index in [1.165, 1.54) is 0 Å². The van der Waals surface area contributed by atoms with E-state index in [2.05, 4.69) is 6.58 Å². The van der Waals surface area contributed by atoms with Crippen LogP contribution in [0.1, 0.15) is 20.3 Å². The molecule has 0 aliphatic rings. The second-order valence-electron chi connectivity index (χ2n) is 2.63. The Kier molecular flexibility index (Phi) is 3.77. The zero-order valence-corrected chi connectivity index (χ0v) is 6.50. The third-order valence-corrected chi connectivity index (χ3v) is 1.78. The maximum absolute atomic E-state index is 10.4. The van der Waals surface area contributed by atoms with E-state index in [4.69, 9.17) is 5.11 Å². The SMILES string of the molecule is C=CCC(C)C(C)C(=O)O. The van der Waals surface area contributed by atoms with Gasteiger partial charge in [0.25, 0.3) is 0 Å². The summed E-state index contributed by atoms with van der Waals surface area (Å²) in [5.41, 5.74) is 0. The number of hydrogen-bond acceptors (Lipinski definition) is 1. The lowest BCUT2D eigenvalue weighted by atomic mass is 9.93. The molecule has 0 aliphatic heterocycles. The molecule has 1 N–H and O–H groups in total. The van der Waals surface area contributed by atoms with Crippen molar-refractivity contribution in [1.82, 2.24) is 0 Å². The van der Waals surface area contributed by atoms with Crippen molar-refractivity contribution < 1.29 is 9.90 Å². The quantitative estimate of drug-likeness (QED) is 0.609. The van der Waals surface area contributed by atoms with Crippen molar-refractivity contribution in [3.8, 4) is 0 Å². The van der Waals surface area contributed by atoms with E-state index in [-0.39, 0.29) is 11.8 Å². The second-order valence-corrected chi connectivity index (χ2v) is 2.63. The first-order chi connectivity index (χ1) is 4.59. The molecule has 0 radical (unpaired) electrons. The van der Waals surface area contributed by atoms with Gasteiger partial charge in [-0.2, -0.15) is 0 Å². The highest BCUT2D eigenvalue weighted by Crippen LogP contribution is 2.14. The maximum Gasteiger partial charge on any atom is 0.306 e. The number of carboxylic acid groups (broad SMARTS) is 1. The molecule has 0 bridgehead atoms. The summed E-state index contributed by atoms with van der Waals surface area (Å²) in [5.74, 6) is -0.803. The Labute approximate surface area is 61.6 Å². The fourth-order valence-electron chi connectivity index (χ4n) is 0.710. The van der Waals surface area contributed by atoms with Gasteiger partial charge in [-0.25, -0.2) is 0 Å². The van der Waals surface area contributed by atoms with Crippen LogP contribution in [-0.2, 0) is 4.79 Å². The number of aliphatic carboxylic acids is 1. The highest BCUT2D eigenvalue weighted by molar-refractivity contribution is 5.69. The Balaban J connectivity index is 3.80. The van der Waals surface area contributed by atoms with Crippen LogP contribution in [0.3, 0.4) is 0 Å². The normalized spacial score (nSPS) is 15.8. The van der Waals surface area contributed by atoms with Crippen LogP contribution in [0.4, 0.5) is 0 Å². The van der Waals surface area contributed by atoms with Gasteiger partial charge in [0.15, 0.2) is 0 Å². The van der Waals surface area contributed by atoms with E-state index in [1.807, 2.05) is 6.92 Å². The van der Waals surface area contributed by atoms with Crippen molar-refractivity contribution in [3.63, 3.8) is 0 Å². The molecular weight excluding hydrogens is 128 g/mol. The molecule has 0 fully saturated rings. The number of carbonyl (C=O) groups is 1. The lowest BCUT2D eigenvalue weighted by Gasteiger charge is -2.12. The molecule has 0 aliphatic carbocycles. The zero-order valence-electron chi connectivity index (χ0n) is 6.50. The molecule has 0 rings (SSSR count). The summed E-state index contributed by atoms with van der Waals surface area (Å²) in [5, 5.41) is 8.54. The van der Waals surface area contributed by atoms with Gasteiger partial charge in [0, 0.05) is 0 Å². The second kappa shape index (κ2) is 4.09. The summed E-state index contributed by atoms with van der Waals surface area (Å²) in [4.78, 5) is 10.4. The smallest absolute Gasteiger partial charge is 0.306 e. The minimum absolute atomic E-state index is 0.190. The molecule has 0 amide bonds. The third-order valence-electron chi connectivity index (χ3n) is 1.78. The molecule has 0 aromatic rings. The van der Waals surface area contributed by atoms with Gasteiger partial charge in [-0.3, -0.25) is 4.79 Å². The molecule has 0 spiro atoms. The summed E-state index contributed by atoms with van der Waals surface area (Å²) < 4.78 is 0. The highest BCUT2D eigenvalue weighted by atomic mass is 16.4. The third kappa shape index (κ3) is 2.67. The summed E-state index contributed by atoms with van der Waals surface area (Å²) >= 11 is 0. The monoisotopic (exact) mass is 142 g/mol. The van der Waals surface area contributed by atoms with Crippen LogP contribution in [0.15, 0.2) is 12.7 Å². The van der Waals surface area contributed by atoms with Gasteiger partial charge in [-0.15, -0.1) is 6.58 Å². The predicted molar refractivity (Wildman–Crippen MR) is 40.8 cm³/mol. The van der Waals surface area contributed by atoms with Gasteiger partial charge >= 0.3 is 5.97 Å². The molecule has 0 saturated heterocycles. The first-order valence-electron chi connectivity index (χ1n) is 3.43. The Bertz CT molecular complexity index is 129. The van der Waals surface area contributed by atoms with E-state index >= 15 is 0 Å². The van der Waals surface area contributed by atoms with Crippen LogP contribution in [0.25, 0.3) is 0 Å². The van der Waals surface area contributed by atoms with Gasteiger partial charge in [-0.1, -0.05) is 19.9 Å². The first kappa shape index (κ1) is 9.21. The summed E-state index contributed by atoms with van der Waals surface area (Å²) in [6.07, 6.45) is 2.53. The number of rotatable bonds is 4. The molecule has 0 heterocycles. The number of carboxylic acids is 1. The Hall–Kier alpha value is -0.790. The molecule has 0 aromatic heterocycles. The Morgan fingerprint density at radius 1 is 1.70 bits per heavy atom.